The maximum absolute atomic E-state index is 13.0. The number of benzene rings is 3. The summed E-state index contributed by atoms with van der Waals surface area (Å²) in [6, 6.07) is 24.2. The average molecular weight is 491 g/mol. The molecule has 34 heavy (non-hydrogen) atoms. The van der Waals surface area contributed by atoms with Crippen LogP contribution >= 0.6 is 23.4 Å². The van der Waals surface area contributed by atoms with Gasteiger partial charge in [-0.05, 0) is 29.8 Å². The highest BCUT2D eigenvalue weighted by atomic mass is 35.5. The Hall–Kier alpha value is -3.62. The molecule has 0 amide bonds. The van der Waals surface area contributed by atoms with Gasteiger partial charge in [0.2, 0.25) is 0 Å². The molecule has 0 aliphatic rings. The fraction of sp³-hybridized carbons (Fsp3) is 0.120. The monoisotopic (exact) mass is 490 g/mol. The molecule has 5 aromatic rings. The molecule has 5 rings (SSSR count). The van der Waals surface area contributed by atoms with Crippen LogP contribution in [0.15, 0.2) is 93.3 Å². The first-order valence-electron chi connectivity index (χ1n) is 10.6. The summed E-state index contributed by atoms with van der Waals surface area (Å²) in [4.78, 5) is 13.0. The molecule has 0 N–H and O–H groups in total. The molecule has 0 aliphatic heterocycles. The van der Waals surface area contributed by atoms with Crippen LogP contribution in [0, 0.1) is 0 Å². The van der Waals surface area contributed by atoms with Gasteiger partial charge in [-0.15, -0.1) is 10.2 Å². The number of aromatic nitrogens is 4. The zero-order chi connectivity index (χ0) is 23.3. The van der Waals surface area contributed by atoms with Crippen molar-refractivity contribution in [3.63, 3.8) is 0 Å². The van der Waals surface area contributed by atoms with E-state index in [1.165, 1.54) is 16.4 Å². The molecule has 170 valence electrons. The summed E-state index contributed by atoms with van der Waals surface area (Å²) >= 11 is 7.36. The number of hydrogen-bond donors (Lipinski definition) is 0. The van der Waals surface area contributed by atoms with Gasteiger partial charge in [-0.1, -0.05) is 78.0 Å². The topological polar surface area (TPSA) is 83.0 Å². The maximum atomic E-state index is 13.0. The molecule has 0 saturated carbocycles. The first-order chi connectivity index (χ1) is 16.7. The maximum Gasteiger partial charge on any atom is 0.277 e. The van der Waals surface area contributed by atoms with Crippen LogP contribution in [0.2, 0.25) is 5.02 Å². The Labute approximate surface area is 204 Å². The van der Waals surface area contributed by atoms with Crippen molar-refractivity contribution in [1.82, 2.24) is 20.0 Å². The number of hydrogen-bond acceptors (Lipinski definition) is 7. The first kappa shape index (κ1) is 22.2. The van der Waals surface area contributed by atoms with E-state index in [0.717, 1.165) is 5.56 Å². The SMILES string of the molecule is O=c1c2ccccc2c(-c2nnc(SCCOc3cccc(Cl)c3)o2)nn1Cc1ccccc1. The molecule has 0 radical (unpaired) electrons. The third-order valence-corrected chi connectivity index (χ3v) is 6.04. The normalized spacial score (nSPS) is 11.1. The van der Waals surface area contributed by atoms with Gasteiger partial charge in [0.15, 0.2) is 5.69 Å². The molecule has 0 spiro atoms. The number of halogens is 1. The lowest BCUT2D eigenvalue weighted by Crippen LogP contribution is -2.24. The molecule has 3 aromatic carbocycles. The summed E-state index contributed by atoms with van der Waals surface area (Å²) in [6.07, 6.45) is 0. The third kappa shape index (κ3) is 4.98. The summed E-state index contributed by atoms with van der Waals surface area (Å²) in [5.74, 6) is 1.57. The molecular weight excluding hydrogens is 472 g/mol. The lowest BCUT2D eigenvalue weighted by molar-refractivity contribution is 0.343. The van der Waals surface area contributed by atoms with E-state index in [1.807, 2.05) is 60.7 Å². The van der Waals surface area contributed by atoms with E-state index in [2.05, 4.69) is 15.3 Å². The summed E-state index contributed by atoms with van der Waals surface area (Å²) < 4.78 is 13.0. The third-order valence-electron chi connectivity index (χ3n) is 5.03. The molecule has 0 fully saturated rings. The fourth-order valence-electron chi connectivity index (χ4n) is 3.47. The van der Waals surface area contributed by atoms with Gasteiger partial charge in [-0.3, -0.25) is 4.79 Å². The molecule has 7 nitrogen and oxygen atoms in total. The minimum Gasteiger partial charge on any atom is -0.493 e. The molecule has 0 unspecified atom stereocenters. The Bertz CT molecular complexity index is 1490. The van der Waals surface area contributed by atoms with Crippen LogP contribution in [-0.4, -0.2) is 32.3 Å². The second-order valence-electron chi connectivity index (χ2n) is 7.37. The summed E-state index contributed by atoms with van der Waals surface area (Å²) in [6.45, 7) is 0.792. The number of ether oxygens (including phenoxy) is 1. The molecule has 2 heterocycles. The Morgan fingerprint density at radius 2 is 1.74 bits per heavy atom. The van der Waals surface area contributed by atoms with E-state index in [9.17, 15) is 4.79 Å². The summed E-state index contributed by atoms with van der Waals surface area (Å²) in [5, 5.41) is 15.2. The van der Waals surface area contributed by atoms with Gasteiger partial charge in [-0.2, -0.15) is 5.10 Å². The minimum absolute atomic E-state index is 0.171. The van der Waals surface area contributed by atoms with Crippen molar-refractivity contribution >= 4 is 34.1 Å². The van der Waals surface area contributed by atoms with Crippen LogP contribution in [-0.2, 0) is 6.54 Å². The standard InChI is InChI=1S/C25H19ClN4O3S/c26-18-9-6-10-19(15-18)32-13-14-34-25-28-27-23(33-25)22-20-11-4-5-12-21(20)24(31)30(29-22)16-17-7-2-1-3-8-17/h1-12,15H,13-14,16H2. The Morgan fingerprint density at radius 1 is 0.941 bits per heavy atom. The predicted molar refractivity (Wildman–Crippen MR) is 133 cm³/mol. The van der Waals surface area contributed by atoms with Crippen molar-refractivity contribution in [3.8, 4) is 17.3 Å². The zero-order valence-electron chi connectivity index (χ0n) is 17.9. The average Bonchev–Trinajstić information content (AvgIpc) is 3.33. The van der Waals surface area contributed by atoms with Crippen LogP contribution in [0.4, 0.5) is 0 Å². The minimum atomic E-state index is -0.171. The van der Waals surface area contributed by atoms with Gasteiger partial charge >= 0.3 is 0 Å². The quantitative estimate of drug-likeness (QED) is 0.215. The number of nitrogens with zero attached hydrogens (tertiary/aromatic N) is 4. The molecule has 0 saturated heterocycles. The zero-order valence-corrected chi connectivity index (χ0v) is 19.5. The van der Waals surface area contributed by atoms with E-state index in [4.69, 9.17) is 20.8 Å². The van der Waals surface area contributed by atoms with E-state index in [0.29, 0.717) is 51.4 Å². The van der Waals surface area contributed by atoms with Crippen molar-refractivity contribution in [1.29, 1.82) is 0 Å². The number of fused-ring (bicyclic) bond motifs is 1. The lowest BCUT2D eigenvalue weighted by atomic mass is 10.1. The van der Waals surface area contributed by atoms with Gasteiger partial charge in [0.1, 0.15) is 5.75 Å². The van der Waals surface area contributed by atoms with E-state index in [1.54, 1.807) is 18.2 Å². The van der Waals surface area contributed by atoms with Crippen molar-refractivity contribution in [2.45, 2.75) is 11.8 Å². The molecule has 2 aromatic heterocycles. The second kappa shape index (κ2) is 10.1. The summed E-state index contributed by atoms with van der Waals surface area (Å²) in [5.41, 5.74) is 1.27. The van der Waals surface area contributed by atoms with Crippen LogP contribution in [0.25, 0.3) is 22.4 Å². The number of thioether (sulfide) groups is 1. The molecule has 0 aliphatic carbocycles. The van der Waals surface area contributed by atoms with E-state index in [-0.39, 0.29) is 11.4 Å². The van der Waals surface area contributed by atoms with Crippen molar-refractivity contribution in [2.24, 2.45) is 0 Å². The smallest absolute Gasteiger partial charge is 0.277 e. The van der Waals surface area contributed by atoms with Crippen LogP contribution in [0.5, 0.6) is 5.75 Å². The van der Waals surface area contributed by atoms with Gasteiger partial charge in [0.05, 0.1) is 18.5 Å². The lowest BCUT2D eigenvalue weighted by Gasteiger charge is -2.09. The molecular formula is C25H19ClN4O3S. The van der Waals surface area contributed by atoms with Crippen molar-refractivity contribution < 1.29 is 9.15 Å². The van der Waals surface area contributed by atoms with E-state index < -0.39 is 0 Å². The van der Waals surface area contributed by atoms with Crippen molar-refractivity contribution in [3.05, 3.63) is 99.8 Å². The van der Waals surface area contributed by atoms with Crippen LogP contribution in [0.1, 0.15) is 5.56 Å². The second-order valence-corrected chi connectivity index (χ2v) is 8.85. The Morgan fingerprint density at radius 3 is 2.56 bits per heavy atom. The van der Waals surface area contributed by atoms with E-state index >= 15 is 0 Å². The highest BCUT2D eigenvalue weighted by molar-refractivity contribution is 7.99. The molecule has 0 bridgehead atoms. The highest BCUT2D eigenvalue weighted by Crippen LogP contribution is 2.27. The van der Waals surface area contributed by atoms with Gasteiger partial charge in [-0.25, -0.2) is 4.68 Å². The van der Waals surface area contributed by atoms with Crippen LogP contribution in [0.3, 0.4) is 0 Å². The van der Waals surface area contributed by atoms with Gasteiger partial charge < -0.3 is 9.15 Å². The predicted octanol–water partition coefficient (Wildman–Crippen LogP) is 5.32. The summed E-state index contributed by atoms with van der Waals surface area (Å²) in [7, 11) is 0. The van der Waals surface area contributed by atoms with Crippen LogP contribution < -0.4 is 10.3 Å². The Balaban J connectivity index is 1.36. The first-order valence-corrected chi connectivity index (χ1v) is 11.9. The fourth-order valence-corrected chi connectivity index (χ4v) is 4.22. The Kier molecular flexibility index (Phi) is 6.60. The van der Waals surface area contributed by atoms with Crippen molar-refractivity contribution in [2.75, 3.05) is 12.4 Å². The number of rotatable bonds is 8. The van der Waals surface area contributed by atoms with Gasteiger partial charge in [0, 0.05) is 16.2 Å². The molecule has 0 atom stereocenters. The van der Waals surface area contributed by atoms with Gasteiger partial charge in [0.25, 0.3) is 16.7 Å². The highest BCUT2D eigenvalue weighted by Gasteiger charge is 2.18. The molecule has 9 heteroatoms. The largest absolute Gasteiger partial charge is 0.493 e.